The Morgan fingerprint density at radius 2 is 1.88 bits per heavy atom. The number of anilines is 3. The number of carbonyl (C=O) groups excluding carboxylic acids is 1. The summed E-state index contributed by atoms with van der Waals surface area (Å²) in [6, 6.07) is 16.4. The Bertz CT molecular complexity index is 1480. The molecule has 168 valence electrons. The minimum absolute atomic E-state index is 0.163. The molecule has 4 N–H and O–H groups in total. The van der Waals surface area contributed by atoms with E-state index in [1.807, 2.05) is 24.3 Å². The molecule has 0 bridgehead atoms. The maximum absolute atomic E-state index is 13.2. The Labute approximate surface area is 193 Å². The number of fused-ring (bicyclic) bond motifs is 1. The molecule has 0 spiro atoms. The van der Waals surface area contributed by atoms with Crippen LogP contribution < -0.4 is 16.4 Å². The molecule has 0 fully saturated rings. The third kappa shape index (κ3) is 4.37. The Kier molecular flexibility index (Phi) is 5.53. The minimum atomic E-state index is -0.461. The fraction of sp³-hybridized carbons (Fsp3) is 0.0417. The first kappa shape index (κ1) is 21.0. The van der Waals surface area contributed by atoms with E-state index in [9.17, 15) is 9.18 Å². The summed E-state index contributed by atoms with van der Waals surface area (Å²) in [5.74, 6) is -0.343. The molecular formula is C24H19FN8O. The molecule has 0 saturated heterocycles. The van der Waals surface area contributed by atoms with Crippen LogP contribution in [0.5, 0.6) is 0 Å². The van der Waals surface area contributed by atoms with Crippen molar-refractivity contribution >= 4 is 28.9 Å². The molecule has 3 heterocycles. The van der Waals surface area contributed by atoms with E-state index in [0.29, 0.717) is 29.4 Å². The molecule has 0 aliphatic rings. The third-order valence-corrected chi connectivity index (χ3v) is 5.12. The number of nitrogens with two attached hydrogens (primary N) is 1. The molecule has 0 radical (unpaired) electrons. The molecule has 1 amide bonds. The zero-order valence-corrected chi connectivity index (χ0v) is 17.8. The molecule has 5 aromatic rings. The van der Waals surface area contributed by atoms with Crippen LogP contribution in [0.2, 0.25) is 0 Å². The van der Waals surface area contributed by atoms with Gasteiger partial charge in [-0.2, -0.15) is 5.10 Å². The van der Waals surface area contributed by atoms with Gasteiger partial charge in [0.05, 0.1) is 23.3 Å². The lowest BCUT2D eigenvalue weighted by Crippen LogP contribution is -2.13. The van der Waals surface area contributed by atoms with Gasteiger partial charge in [0.25, 0.3) is 5.91 Å². The molecule has 0 saturated carbocycles. The van der Waals surface area contributed by atoms with Gasteiger partial charge in [-0.15, -0.1) is 0 Å². The summed E-state index contributed by atoms with van der Waals surface area (Å²) < 4.78 is 14.9. The van der Waals surface area contributed by atoms with Gasteiger partial charge in [-0.1, -0.05) is 12.1 Å². The highest BCUT2D eigenvalue weighted by molar-refractivity contribution is 6.05. The summed E-state index contributed by atoms with van der Waals surface area (Å²) in [5.41, 5.74) is 9.84. The summed E-state index contributed by atoms with van der Waals surface area (Å²) in [4.78, 5) is 25.7. The largest absolute Gasteiger partial charge is 0.397 e. The van der Waals surface area contributed by atoms with E-state index in [2.05, 4.69) is 30.7 Å². The first-order valence-electron chi connectivity index (χ1n) is 10.4. The van der Waals surface area contributed by atoms with Crippen LogP contribution in [0.1, 0.15) is 15.9 Å². The Morgan fingerprint density at radius 1 is 1.03 bits per heavy atom. The SMILES string of the molecule is Nc1cc(F)ccc1NC(=O)c1ccc(CNc2nccc(-c3cnc4cccnn34)n2)cc1. The van der Waals surface area contributed by atoms with Crippen molar-refractivity contribution in [1.82, 2.24) is 24.6 Å². The number of amides is 1. The molecule has 10 heteroatoms. The molecular weight excluding hydrogens is 435 g/mol. The molecule has 0 aliphatic heterocycles. The van der Waals surface area contributed by atoms with Gasteiger partial charge in [-0.05, 0) is 54.1 Å². The van der Waals surface area contributed by atoms with Crippen molar-refractivity contribution in [3.05, 3.63) is 96.2 Å². The first-order chi connectivity index (χ1) is 16.6. The molecule has 9 nitrogen and oxygen atoms in total. The van der Waals surface area contributed by atoms with Gasteiger partial charge in [-0.25, -0.2) is 23.9 Å². The number of benzene rings is 2. The van der Waals surface area contributed by atoms with Gasteiger partial charge >= 0.3 is 0 Å². The number of hydrogen-bond donors (Lipinski definition) is 3. The second-order valence-corrected chi connectivity index (χ2v) is 7.44. The summed E-state index contributed by atoms with van der Waals surface area (Å²) in [6.07, 6.45) is 5.08. The quantitative estimate of drug-likeness (QED) is 0.334. The lowest BCUT2D eigenvalue weighted by atomic mass is 10.1. The van der Waals surface area contributed by atoms with Crippen molar-refractivity contribution in [3.63, 3.8) is 0 Å². The van der Waals surface area contributed by atoms with Crippen LogP contribution in [0, 0.1) is 5.82 Å². The van der Waals surface area contributed by atoms with Crippen molar-refractivity contribution in [3.8, 4) is 11.4 Å². The van der Waals surface area contributed by atoms with E-state index >= 15 is 0 Å². The number of imidazole rings is 1. The monoisotopic (exact) mass is 454 g/mol. The molecule has 0 aliphatic carbocycles. The smallest absolute Gasteiger partial charge is 0.255 e. The molecule has 0 atom stereocenters. The first-order valence-corrected chi connectivity index (χ1v) is 10.4. The average molecular weight is 454 g/mol. The van der Waals surface area contributed by atoms with Crippen LogP contribution in [0.15, 0.2) is 79.3 Å². The number of nitrogens with zero attached hydrogens (tertiary/aromatic N) is 5. The highest BCUT2D eigenvalue weighted by Gasteiger charge is 2.11. The molecule has 5 rings (SSSR count). The second-order valence-electron chi connectivity index (χ2n) is 7.44. The Morgan fingerprint density at radius 3 is 2.71 bits per heavy atom. The van der Waals surface area contributed by atoms with Gasteiger partial charge in [0.1, 0.15) is 11.5 Å². The molecule has 2 aromatic carbocycles. The van der Waals surface area contributed by atoms with Crippen LogP contribution >= 0.6 is 0 Å². The van der Waals surface area contributed by atoms with E-state index in [1.165, 1.54) is 12.1 Å². The van der Waals surface area contributed by atoms with E-state index < -0.39 is 5.82 Å². The maximum Gasteiger partial charge on any atom is 0.255 e. The van der Waals surface area contributed by atoms with Crippen LogP contribution in [0.4, 0.5) is 21.7 Å². The van der Waals surface area contributed by atoms with Crippen LogP contribution in [0.25, 0.3) is 17.0 Å². The number of aromatic nitrogens is 5. The zero-order chi connectivity index (χ0) is 23.5. The predicted molar refractivity (Wildman–Crippen MR) is 127 cm³/mol. The van der Waals surface area contributed by atoms with E-state index in [4.69, 9.17) is 5.73 Å². The van der Waals surface area contributed by atoms with Crippen LogP contribution in [-0.2, 0) is 6.54 Å². The summed E-state index contributed by atoms with van der Waals surface area (Å²) >= 11 is 0. The van der Waals surface area contributed by atoms with Crippen LogP contribution in [-0.4, -0.2) is 30.5 Å². The van der Waals surface area contributed by atoms with Crippen molar-refractivity contribution in [2.24, 2.45) is 0 Å². The van der Waals surface area contributed by atoms with Crippen molar-refractivity contribution in [2.45, 2.75) is 6.54 Å². The van der Waals surface area contributed by atoms with Gasteiger partial charge < -0.3 is 16.4 Å². The maximum atomic E-state index is 13.2. The number of hydrogen-bond acceptors (Lipinski definition) is 7. The fourth-order valence-electron chi connectivity index (χ4n) is 3.39. The average Bonchev–Trinajstić information content (AvgIpc) is 3.29. The summed E-state index contributed by atoms with van der Waals surface area (Å²) in [6.45, 7) is 0.460. The minimum Gasteiger partial charge on any atom is -0.397 e. The number of carbonyl (C=O) groups is 1. The summed E-state index contributed by atoms with van der Waals surface area (Å²) in [5, 5.41) is 10.2. The number of halogens is 1. The molecule has 0 unspecified atom stereocenters. The number of rotatable bonds is 6. The van der Waals surface area contributed by atoms with E-state index in [1.54, 1.807) is 41.3 Å². The van der Waals surface area contributed by atoms with Gasteiger partial charge in [0.15, 0.2) is 5.65 Å². The summed E-state index contributed by atoms with van der Waals surface area (Å²) in [7, 11) is 0. The number of nitrogens with one attached hydrogen (secondary N) is 2. The van der Waals surface area contributed by atoms with Gasteiger partial charge in [-0.3, -0.25) is 4.79 Å². The highest BCUT2D eigenvalue weighted by atomic mass is 19.1. The van der Waals surface area contributed by atoms with Crippen LogP contribution in [0.3, 0.4) is 0 Å². The van der Waals surface area contributed by atoms with Crippen molar-refractivity contribution < 1.29 is 9.18 Å². The second kappa shape index (κ2) is 8.94. The normalized spacial score (nSPS) is 10.9. The topological polar surface area (TPSA) is 123 Å². The standard InChI is InChI=1S/C24H19FN8O/c25-17-7-8-19(18(26)12-17)31-23(34)16-5-3-15(4-6-16)13-29-24-27-11-9-20(32-24)21-14-28-22-2-1-10-30-33(21)22/h1-12,14H,13,26H2,(H,31,34)(H,27,29,32). The van der Waals surface area contributed by atoms with Crippen molar-refractivity contribution in [1.29, 1.82) is 0 Å². The Hall–Kier alpha value is -4.86. The van der Waals surface area contributed by atoms with Crippen molar-refractivity contribution in [2.75, 3.05) is 16.4 Å². The lowest BCUT2D eigenvalue weighted by Gasteiger charge is -2.09. The molecule has 3 aromatic heterocycles. The molecule has 34 heavy (non-hydrogen) atoms. The van der Waals surface area contributed by atoms with Gasteiger partial charge in [0.2, 0.25) is 5.95 Å². The number of nitrogen functional groups attached to an aromatic ring is 1. The van der Waals surface area contributed by atoms with Gasteiger partial charge in [0, 0.05) is 24.5 Å². The van der Waals surface area contributed by atoms with E-state index in [0.717, 1.165) is 23.0 Å². The van der Waals surface area contributed by atoms with E-state index in [-0.39, 0.29) is 11.6 Å². The fourth-order valence-corrected chi connectivity index (χ4v) is 3.39. The predicted octanol–water partition coefficient (Wildman–Crippen LogP) is 3.77. The third-order valence-electron chi connectivity index (χ3n) is 5.12. The highest BCUT2D eigenvalue weighted by Crippen LogP contribution is 2.21. The zero-order valence-electron chi connectivity index (χ0n) is 17.8. The Balaban J connectivity index is 1.24. The lowest BCUT2D eigenvalue weighted by molar-refractivity contribution is 0.102.